The summed E-state index contributed by atoms with van der Waals surface area (Å²) in [5, 5.41) is 9.61. The number of aliphatic hydroxyl groups is 1. The Labute approximate surface area is 119 Å². The van der Waals surface area contributed by atoms with Crippen LogP contribution in [-0.4, -0.2) is 35.7 Å². The second kappa shape index (κ2) is 6.85. The van der Waals surface area contributed by atoms with Gasteiger partial charge in [-0.2, -0.15) is 0 Å². The largest absolute Gasteiger partial charge is 0.393 e. The maximum absolute atomic E-state index is 13.6. The Balaban J connectivity index is 2.03. The van der Waals surface area contributed by atoms with E-state index in [0.717, 1.165) is 31.6 Å². The van der Waals surface area contributed by atoms with Crippen molar-refractivity contribution in [2.24, 2.45) is 11.7 Å². The Kier molecular flexibility index (Phi) is 5.13. The molecular formula is C16H21FN2O. The molecule has 0 aromatic heterocycles. The molecule has 2 atom stereocenters. The van der Waals surface area contributed by atoms with Gasteiger partial charge in [-0.15, -0.1) is 0 Å². The highest BCUT2D eigenvalue weighted by Crippen LogP contribution is 2.22. The van der Waals surface area contributed by atoms with Crippen LogP contribution in [0.1, 0.15) is 24.5 Å². The van der Waals surface area contributed by atoms with Gasteiger partial charge in [0.2, 0.25) is 0 Å². The minimum absolute atomic E-state index is 0.228. The standard InChI is InChI=1S/C16H21FN2O/c1-12(20)15-6-8-19(11-15)10-13-4-5-16(17)14(9-13)3-2-7-18/h4-5,9,12,15,20H,6-8,10-11,18H2,1H3. The molecule has 3 nitrogen and oxygen atoms in total. The fourth-order valence-electron chi connectivity index (χ4n) is 2.57. The molecule has 1 aliphatic heterocycles. The molecule has 1 aliphatic rings. The van der Waals surface area contributed by atoms with E-state index in [2.05, 4.69) is 16.7 Å². The third-order valence-electron chi connectivity index (χ3n) is 3.75. The van der Waals surface area contributed by atoms with Crippen molar-refractivity contribution in [2.75, 3.05) is 19.6 Å². The number of nitrogens with zero attached hydrogens (tertiary/aromatic N) is 1. The third kappa shape index (κ3) is 3.80. The average molecular weight is 276 g/mol. The molecule has 0 saturated carbocycles. The van der Waals surface area contributed by atoms with Gasteiger partial charge in [-0.1, -0.05) is 17.9 Å². The van der Waals surface area contributed by atoms with Crippen molar-refractivity contribution in [2.45, 2.75) is 26.0 Å². The molecule has 1 aromatic carbocycles. The number of likely N-dealkylation sites (tertiary alicyclic amines) is 1. The van der Waals surface area contributed by atoms with Gasteiger partial charge >= 0.3 is 0 Å². The Bertz CT molecular complexity index is 519. The van der Waals surface area contributed by atoms with E-state index in [9.17, 15) is 9.50 Å². The predicted molar refractivity (Wildman–Crippen MR) is 77.4 cm³/mol. The molecule has 1 saturated heterocycles. The molecule has 0 amide bonds. The van der Waals surface area contributed by atoms with Gasteiger partial charge in [0.1, 0.15) is 5.82 Å². The van der Waals surface area contributed by atoms with Crippen molar-refractivity contribution in [3.63, 3.8) is 0 Å². The van der Waals surface area contributed by atoms with E-state index >= 15 is 0 Å². The molecule has 3 N–H and O–H groups in total. The van der Waals surface area contributed by atoms with Gasteiger partial charge in [-0.25, -0.2) is 4.39 Å². The Morgan fingerprint density at radius 2 is 2.35 bits per heavy atom. The lowest BCUT2D eigenvalue weighted by Crippen LogP contribution is -2.24. The van der Waals surface area contributed by atoms with Gasteiger partial charge in [0.25, 0.3) is 0 Å². The number of hydrogen-bond acceptors (Lipinski definition) is 3. The topological polar surface area (TPSA) is 49.5 Å². The molecule has 0 radical (unpaired) electrons. The van der Waals surface area contributed by atoms with Gasteiger partial charge in [0.15, 0.2) is 0 Å². The normalized spacial score (nSPS) is 20.5. The summed E-state index contributed by atoms with van der Waals surface area (Å²) in [7, 11) is 0. The Morgan fingerprint density at radius 3 is 3.00 bits per heavy atom. The SMILES string of the molecule is CC(O)C1CCN(Cc2ccc(F)c(C#CCN)c2)C1. The number of nitrogens with two attached hydrogens (primary N) is 1. The summed E-state index contributed by atoms with van der Waals surface area (Å²) in [4.78, 5) is 2.28. The summed E-state index contributed by atoms with van der Waals surface area (Å²) in [5.74, 6) is 5.47. The molecule has 1 aromatic rings. The molecular weight excluding hydrogens is 255 g/mol. The van der Waals surface area contributed by atoms with Crippen molar-refractivity contribution in [1.29, 1.82) is 0 Å². The van der Waals surface area contributed by atoms with Crippen molar-refractivity contribution in [3.05, 3.63) is 35.1 Å². The van der Waals surface area contributed by atoms with Gasteiger partial charge in [-0.3, -0.25) is 4.90 Å². The molecule has 4 heteroatoms. The van der Waals surface area contributed by atoms with Crippen LogP contribution in [0.5, 0.6) is 0 Å². The van der Waals surface area contributed by atoms with E-state index < -0.39 is 0 Å². The van der Waals surface area contributed by atoms with E-state index in [-0.39, 0.29) is 18.5 Å². The van der Waals surface area contributed by atoms with Crippen LogP contribution in [0.25, 0.3) is 0 Å². The lowest BCUT2D eigenvalue weighted by Gasteiger charge is -2.17. The fourth-order valence-corrected chi connectivity index (χ4v) is 2.57. The maximum Gasteiger partial charge on any atom is 0.138 e. The first-order valence-electron chi connectivity index (χ1n) is 6.98. The van der Waals surface area contributed by atoms with Crippen molar-refractivity contribution in [1.82, 2.24) is 4.90 Å². The summed E-state index contributed by atoms with van der Waals surface area (Å²) in [6.07, 6.45) is 0.748. The molecule has 1 fully saturated rings. The lowest BCUT2D eigenvalue weighted by molar-refractivity contribution is 0.127. The van der Waals surface area contributed by atoms with Crippen molar-refractivity contribution < 1.29 is 9.50 Å². The quantitative estimate of drug-likeness (QED) is 0.819. The second-order valence-electron chi connectivity index (χ2n) is 5.34. The third-order valence-corrected chi connectivity index (χ3v) is 3.75. The highest BCUT2D eigenvalue weighted by molar-refractivity contribution is 5.38. The lowest BCUT2D eigenvalue weighted by atomic mass is 10.0. The van der Waals surface area contributed by atoms with E-state index in [1.54, 1.807) is 12.1 Å². The van der Waals surface area contributed by atoms with E-state index in [0.29, 0.717) is 11.5 Å². The minimum Gasteiger partial charge on any atom is -0.393 e. The molecule has 2 unspecified atom stereocenters. The number of halogens is 1. The molecule has 20 heavy (non-hydrogen) atoms. The summed E-state index contributed by atoms with van der Waals surface area (Å²) in [6.45, 7) is 4.69. The van der Waals surface area contributed by atoms with Crippen LogP contribution in [-0.2, 0) is 6.54 Å². The van der Waals surface area contributed by atoms with Gasteiger partial charge in [-0.05, 0) is 43.5 Å². The summed E-state index contributed by atoms with van der Waals surface area (Å²) >= 11 is 0. The molecule has 108 valence electrons. The predicted octanol–water partition coefficient (Wildman–Crippen LogP) is 1.34. The van der Waals surface area contributed by atoms with Crippen molar-refractivity contribution >= 4 is 0 Å². The van der Waals surface area contributed by atoms with E-state index in [1.165, 1.54) is 6.07 Å². The van der Waals surface area contributed by atoms with Crippen LogP contribution in [0.3, 0.4) is 0 Å². The highest BCUT2D eigenvalue weighted by Gasteiger charge is 2.25. The van der Waals surface area contributed by atoms with Crippen molar-refractivity contribution in [3.8, 4) is 11.8 Å². The molecule has 0 aliphatic carbocycles. The van der Waals surface area contributed by atoms with Crippen LogP contribution >= 0.6 is 0 Å². The molecule has 0 bridgehead atoms. The summed E-state index contributed by atoms with van der Waals surface area (Å²) < 4.78 is 13.6. The van der Waals surface area contributed by atoms with Crippen LogP contribution in [0.15, 0.2) is 18.2 Å². The summed E-state index contributed by atoms with van der Waals surface area (Å²) in [5.41, 5.74) is 6.75. The van der Waals surface area contributed by atoms with Crippen LogP contribution < -0.4 is 5.73 Å². The van der Waals surface area contributed by atoms with Gasteiger partial charge in [0, 0.05) is 13.1 Å². The zero-order valence-electron chi connectivity index (χ0n) is 11.8. The second-order valence-corrected chi connectivity index (χ2v) is 5.34. The fraction of sp³-hybridized carbons (Fsp3) is 0.500. The first-order valence-corrected chi connectivity index (χ1v) is 6.98. The van der Waals surface area contributed by atoms with E-state index in [4.69, 9.17) is 5.73 Å². The van der Waals surface area contributed by atoms with E-state index in [1.807, 2.05) is 6.92 Å². The maximum atomic E-state index is 13.6. The number of benzene rings is 1. The summed E-state index contributed by atoms with van der Waals surface area (Å²) in [6, 6.07) is 5.03. The molecule has 1 heterocycles. The zero-order chi connectivity index (χ0) is 14.5. The van der Waals surface area contributed by atoms with Gasteiger partial charge < -0.3 is 10.8 Å². The first-order chi connectivity index (χ1) is 9.60. The van der Waals surface area contributed by atoms with Crippen LogP contribution in [0.4, 0.5) is 4.39 Å². The smallest absolute Gasteiger partial charge is 0.138 e. The monoisotopic (exact) mass is 276 g/mol. The van der Waals surface area contributed by atoms with Crippen LogP contribution in [0, 0.1) is 23.6 Å². The first kappa shape index (κ1) is 15.0. The molecule has 2 rings (SSSR count). The highest BCUT2D eigenvalue weighted by atomic mass is 19.1. The van der Waals surface area contributed by atoms with Crippen LogP contribution in [0.2, 0.25) is 0 Å². The Morgan fingerprint density at radius 1 is 1.55 bits per heavy atom. The Hall–Kier alpha value is -1.41. The zero-order valence-corrected chi connectivity index (χ0v) is 11.8. The van der Waals surface area contributed by atoms with Gasteiger partial charge in [0.05, 0.1) is 18.2 Å². The average Bonchev–Trinajstić information content (AvgIpc) is 2.88. The molecule has 0 spiro atoms. The minimum atomic E-state index is -0.307. The number of rotatable bonds is 3. The number of hydrogen-bond donors (Lipinski definition) is 2. The number of aliphatic hydroxyl groups excluding tert-OH is 1.